The molecule has 114 valence electrons. The molecular weight excluding hydrogens is 276 g/mol. The highest BCUT2D eigenvalue weighted by atomic mass is 32.1. The van der Waals surface area contributed by atoms with Crippen LogP contribution in [0.3, 0.4) is 0 Å². The van der Waals surface area contributed by atoms with Crippen molar-refractivity contribution in [1.82, 2.24) is 4.90 Å². The Balaban J connectivity index is 2.03. The fourth-order valence-corrected chi connectivity index (χ4v) is 3.35. The van der Waals surface area contributed by atoms with Crippen molar-refractivity contribution in [2.75, 3.05) is 18.4 Å². The van der Waals surface area contributed by atoms with Crippen LogP contribution in [-0.2, 0) is 6.54 Å². The van der Waals surface area contributed by atoms with Gasteiger partial charge in [-0.15, -0.1) is 11.3 Å². The summed E-state index contributed by atoms with van der Waals surface area (Å²) >= 11 is 1.87. The molecule has 0 fully saturated rings. The zero-order chi connectivity index (χ0) is 15.2. The Hall–Kier alpha value is -1.32. The standard InChI is InChI=1S/C18H26N2S/c1-5-20(6-2)13-16-8-7-9-17(12-16)19-15(4)18-11-10-14(3)21-18/h7-12,15,19H,5-6,13H2,1-4H3. The van der Waals surface area contributed by atoms with E-state index in [2.05, 4.69) is 74.3 Å². The smallest absolute Gasteiger partial charge is 0.0578 e. The van der Waals surface area contributed by atoms with E-state index in [4.69, 9.17) is 0 Å². The van der Waals surface area contributed by atoms with Crippen LogP contribution in [-0.4, -0.2) is 18.0 Å². The van der Waals surface area contributed by atoms with Crippen molar-refractivity contribution < 1.29 is 0 Å². The highest BCUT2D eigenvalue weighted by Crippen LogP contribution is 2.26. The molecule has 0 saturated heterocycles. The molecule has 2 rings (SSSR count). The number of anilines is 1. The third-order valence-corrected chi connectivity index (χ3v) is 4.98. The quantitative estimate of drug-likeness (QED) is 0.768. The third-order valence-electron chi connectivity index (χ3n) is 3.80. The maximum absolute atomic E-state index is 3.61. The van der Waals surface area contributed by atoms with Crippen molar-refractivity contribution in [3.05, 3.63) is 51.7 Å². The van der Waals surface area contributed by atoms with Crippen LogP contribution in [0.1, 0.15) is 42.1 Å². The molecule has 0 saturated carbocycles. The molecular formula is C18H26N2S. The second-order valence-corrected chi connectivity index (χ2v) is 6.80. The highest BCUT2D eigenvalue weighted by molar-refractivity contribution is 7.12. The molecule has 2 nitrogen and oxygen atoms in total. The Labute approximate surface area is 132 Å². The maximum atomic E-state index is 3.61. The van der Waals surface area contributed by atoms with Crippen molar-refractivity contribution in [2.24, 2.45) is 0 Å². The van der Waals surface area contributed by atoms with Gasteiger partial charge in [0.2, 0.25) is 0 Å². The number of nitrogens with one attached hydrogen (secondary N) is 1. The SMILES string of the molecule is CCN(CC)Cc1cccc(NC(C)c2ccc(C)s2)c1. The van der Waals surface area contributed by atoms with E-state index < -0.39 is 0 Å². The van der Waals surface area contributed by atoms with Crippen molar-refractivity contribution in [1.29, 1.82) is 0 Å². The molecule has 1 heterocycles. The minimum absolute atomic E-state index is 0.354. The van der Waals surface area contributed by atoms with Gasteiger partial charge in [0.25, 0.3) is 0 Å². The van der Waals surface area contributed by atoms with Gasteiger partial charge in [0.05, 0.1) is 6.04 Å². The number of benzene rings is 1. The number of hydrogen-bond donors (Lipinski definition) is 1. The summed E-state index contributed by atoms with van der Waals surface area (Å²) in [6, 6.07) is 13.5. The molecule has 0 aliphatic rings. The molecule has 1 aromatic heterocycles. The fourth-order valence-electron chi connectivity index (χ4n) is 2.47. The summed E-state index contributed by atoms with van der Waals surface area (Å²) in [7, 11) is 0. The molecule has 1 aromatic carbocycles. The summed E-state index contributed by atoms with van der Waals surface area (Å²) in [6.45, 7) is 12.0. The molecule has 1 N–H and O–H groups in total. The van der Waals surface area contributed by atoms with Crippen molar-refractivity contribution in [3.8, 4) is 0 Å². The average Bonchev–Trinajstić information content (AvgIpc) is 2.92. The van der Waals surface area contributed by atoms with E-state index in [0.717, 1.165) is 19.6 Å². The molecule has 21 heavy (non-hydrogen) atoms. The Kier molecular flexibility index (Phi) is 5.83. The molecule has 0 amide bonds. The lowest BCUT2D eigenvalue weighted by Gasteiger charge is -2.19. The van der Waals surface area contributed by atoms with Crippen LogP contribution < -0.4 is 5.32 Å². The highest BCUT2D eigenvalue weighted by Gasteiger charge is 2.08. The molecule has 0 spiro atoms. The van der Waals surface area contributed by atoms with Crippen LogP contribution in [0.4, 0.5) is 5.69 Å². The second kappa shape index (κ2) is 7.62. The van der Waals surface area contributed by atoms with E-state index in [9.17, 15) is 0 Å². The van der Waals surface area contributed by atoms with E-state index in [1.165, 1.54) is 21.0 Å². The van der Waals surface area contributed by atoms with E-state index >= 15 is 0 Å². The van der Waals surface area contributed by atoms with Crippen LogP contribution in [0.15, 0.2) is 36.4 Å². The van der Waals surface area contributed by atoms with Gasteiger partial charge in [0.1, 0.15) is 0 Å². The van der Waals surface area contributed by atoms with Gasteiger partial charge in [0, 0.05) is 22.0 Å². The summed E-state index contributed by atoms with van der Waals surface area (Å²) in [5, 5.41) is 3.61. The molecule has 0 aliphatic carbocycles. The largest absolute Gasteiger partial charge is 0.378 e. The van der Waals surface area contributed by atoms with Gasteiger partial charge in [0.15, 0.2) is 0 Å². The molecule has 2 aromatic rings. The first-order chi connectivity index (χ1) is 10.1. The zero-order valence-electron chi connectivity index (χ0n) is 13.5. The Morgan fingerprint density at radius 1 is 1.14 bits per heavy atom. The summed E-state index contributed by atoms with van der Waals surface area (Å²) < 4.78 is 0. The lowest BCUT2D eigenvalue weighted by Crippen LogP contribution is -2.22. The number of nitrogens with zero attached hydrogens (tertiary/aromatic N) is 1. The van der Waals surface area contributed by atoms with Crippen LogP contribution in [0.25, 0.3) is 0 Å². The van der Waals surface area contributed by atoms with Gasteiger partial charge in [-0.2, -0.15) is 0 Å². The predicted octanol–water partition coefficient (Wildman–Crippen LogP) is 5.07. The van der Waals surface area contributed by atoms with Crippen LogP contribution in [0.2, 0.25) is 0 Å². The molecule has 0 radical (unpaired) electrons. The Bertz CT molecular complexity index is 558. The number of aryl methyl sites for hydroxylation is 1. The van der Waals surface area contributed by atoms with E-state index in [1.54, 1.807) is 0 Å². The molecule has 0 aliphatic heterocycles. The average molecular weight is 302 g/mol. The van der Waals surface area contributed by atoms with Gasteiger partial charge in [-0.3, -0.25) is 4.90 Å². The lowest BCUT2D eigenvalue weighted by atomic mass is 10.1. The topological polar surface area (TPSA) is 15.3 Å². The molecule has 0 bridgehead atoms. The molecule has 3 heteroatoms. The first kappa shape index (κ1) is 16.1. The van der Waals surface area contributed by atoms with Gasteiger partial charge >= 0.3 is 0 Å². The van der Waals surface area contributed by atoms with Gasteiger partial charge in [-0.1, -0.05) is 26.0 Å². The van der Waals surface area contributed by atoms with Gasteiger partial charge in [-0.05, 0) is 56.8 Å². The summed E-state index contributed by atoms with van der Waals surface area (Å²) in [5.74, 6) is 0. The first-order valence-electron chi connectivity index (χ1n) is 7.76. The maximum Gasteiger partial charge on any atom is 0.0578 e. The van der Waals surface area contributed by atoms with E-state index in [0.29, 0.717) is 6.04 Å². The minimum atomic E-state index is 0.354. The van der Waals surface area contributed by atoms with Crippen LogP contribution in [0, 0.1) is 6.92 Å². The predicted molar refractivity (Wildman–Crippen MR) is 94.2 cm³/mol. The van der Waals surface area contributed by atoms with Crippen LogP contribution >= 0.6 is 11.3 Å². The number of thiophene rings is 1. The Morgan fingerprint density at radius 2 is 1.90 bits per heavy atom. The lowest BCUT2D eigenvalue weighted by molar-refractivity contribution is 0.296. The van der Waals surface area contributed by atoms with Gasteiger partial charge in [-0.25, -0.2) is 0 Å². The fraction of sp³-hybridized carbons (Fsp3) is 0.444. The molecule has 1 unspecified atom stereocenters. The third kappa shape index (κ3) is 4.58. The van der Waals surface area contributed by atoms with Gasteiger partial charge < -0.3 is 5.32 Å². The number of rotatable bonds is 7. The molecule has 1 atom stereocenters. The van der Waals surface area contributed by atoms with E-state index in [-0.39, 0.29) is 0 Å². The number of hydrogen-bond acceptors (Lipinski definition) is 3. The minimum Gasteiger partial charge on any atom is -0.378 e. The van der Waals surface area contributed by atoms with E-state index in [1.807, 2.05) is 11.3 Å². The Morgan fingerprint density at radius 3 is 2.52 bits per heavy atom. The van der Waals surface area contributed by atoms with Crippen molar-refractivity contribution in [3.63, 3.8) is 0 Å². The normalized spacial score (nSPS) is 12.6. The monoisotopic (exact) mass is 302 g/mol. The summed E-state index contributed by atoms with van der Waals surface area (Å²) in [4.78, 5) is 5.20. The first-order valence-corrected chi connectivity index (χ1v) is 8.58. The zero-order valence-corrected chi connectivity index (χ0v) is 14.3. The van der Waals surface area contributed by atoms with Crippen LogP contribution in [0.5, 0.6) is 0 Å². The second-order valence-electron chi connectivity index (χ2n) is 5.48. The summed E-state index contributed by atoms with van der Waals surface area (Å²) in [6.07, 6.45) is 0. The van der Waals surface area contributed by atoms with Crippen molar-refractivity contribution in [2.45, 2.75) is 40.3 Å². The van der Waals surface area contributed by atoms with Crippen molar-refractivity contribution >= 4 is 17.0 Å². The summed E-state index contributed by atoms with van der Waals surface area (Å²) in [5.41, 5.74) is 2.58.